The highest BCUT2D eigenvalue weighted by molar-refractivity contribution is 5.90. The molecule has 0 aliphatic rings. The van der Waals surface area contributed by atoms with Crippen LogP contribution in [0, 0.1) is 0 Å². The van der Waals surface area contributed by atoms with Gasteiger partial charge in [-0.25, -0.2) is 18.6 Å². The molecule has 94 valence electrons. The zero-order valence-electron chi connectivity index (χ0n) is 9.37. The summed E-state index contributed by atoms with van der Waals surface area (Å²) in [4.78, 5) is 15.0. The fourth-order valence-corrected chi connectivity index (χ4v) is 1.32. The summed E-state index contributed by atoms with van der Waals surface area (Å²) < 4.78 is 35.1. The van der Waals surface area contributed by atoms with E-state index in [-0.39, 0.29) is 18.0 Å². The molecule has 0 spiro atoms. The highest BCUT2D eigenvalue weighted by Crippen LogP contribution is 2.35. The largest absolute Gasteiger partial charge is 0.494 e. The molecule has 1 aromatic rings. The molecule has 0 saturated carbocycles. The van der Waals surface area contributed by atoms with E-state index in [4.69, 9.17) is 10.5 Å². The molecule has 0 atom stereocenters. The van der Waals surface area contributed by atoms with Gasteiger partial charge in [0.05, 0.1) is 31.2 Å². The highest BCUT2D eigenvalue weighted by Gasteiger charge is 2.27. The number of hydrogen-bond donors (Lipinski definition) is 1. The second kappa shape index (κ2) is 5.42. The van der Waals surface area contributed by atoms with E-state index in [9.17, 15) is 13.6 Å². The van der Waals surface area contributed by atoms with Gasteiger partial charge in [0.15, 0.2) is 11.4 Å². The number of anilines is 1. The summed E-state index contributed by atoms with van der Waals surface area (Å²) in [5, 5.41) is 0. The Morgan fingerprint density at radius 3 is 2.71 bits per heavy atom. The van der Waals surface area contributed by atoms with Gasteiger partial charge < -0.3 is 15.2 Å². The van der Waals surface area contributed by atoms with Crippen LogP contribution in [0.2, 0.25) is 0 Å². The number of ether oxygens (including phenoxy) is 2. The van der Waals surface area contributed by atoms with Crippen molar-refractivity contribution < 1.29 is 23.0 Å². The summed E-state index contributed by atoms with van der Waals surface area (Å²) in [6.07, 6.45) is -1.85. The molecule has 1 heterocycles. The number of aromatic nitrogens is 1. The third kappa shape index (κ3) is 2.61. The molecule has 0 saturated heterocycles. The topological polar surface area (TPSA) is 74.4 Å². The number of hydrogen-bond acceptors (Lipinski definition) is 5. The Balaban J connectivity index is 3.35. The Morgan fingerprint density at radius 1 is 1.59 bits per heavy atom. The maximum atomic E-state index is 12.9. The van der Waals surface area contributed by atoms with Crippen LogP contribution in [0.3, 0.4) is 0 Å². The standard InChI is InChI=1S/C10H12F2N2O3/c1-3-17-10(15)7-6(9(11)12)8(16-2)5(13)4-14-7/h4,9H,3,13H2,1-2H3. The van der Waals surface area contributed by atoms with Crippen molar-refractivity contribution in [2.24, 2.45) is 0 Å². The minimum Gasteiger partial charge on any atom is -0.494 e. The van der Waals surface area contributed by atoms with Crippen LogP contribution in [-0.4, -0.2) is 24.7 Å². The van der Waals surface area contributed by atoms with Crippen LogP contribution >= 0.6 is 0 Å². The number of nitrogens with two attached hydrogens (primary N) is 1. The van der Waals surface area contributed by atoms with E-state index in [1.807, 2.05) is 0 Å². The number of methoxy groups -OCH3 is 1. The summed E-state index contributed by atoms with van der Waals surface area (Å²) in [5.41, 5.74) is 4.25. The number of nitrogen functional groups attached to an aromatic ring is 1. The molecule has 7 heteroatoms. The summed E-state index contributed by atoms with van der Waals surface area (Å²) in [6, 6.07) is 0. The first-order chi connectivity index (χ1) is 8.02. The molecule has 0 fully saturated rings. The van der Waals surface area contributed by atoms with Gasteiger partial charge in [0.1, 0.15) is 0 Å². The number of rotatable bonds is 4. The minimum absolute atomic E-state index is 0.0594. The van der Waals surface area contributed by atoms with E-state index in [0.717, 1.165) is 6.20 Å². The molecule has 5 nitrogen and oxygen atoms in total. The van der Waals surface area contributed by atoms with E-state index < -0.39 is 23.7 Å². The molecule has 0 aromatic carbocycles. The molecule has 0 amide bonds. The van der Waals surface area contributed by atoms with E-state index in [2.05, 4.69) is 9.72 Å². The highest BCUT2D eigenvalue weighted by atomic mass is 19.3. The van der Waals surface area contributed by atoms with Crippen LogP contribution in [-0.2, 0) is 4.74 Å². The van der Waals surface area contributed by atoms with Crippen LogP contribution in [0.5, 0.6) is 5.75 Å². The summed E-state index contributed by atoms with van der Waals surface area (Å²) >= 11 is 0. The molecule has 0 aliphatic carbocycles. The van der Waals surface area contributed by atoms with Gasteiger partial charge in [-0.05, 0) is 6.92 Å². The number of halogens is 2. The number of carbonyl (C=O) groups excluding carboxylic acids is 1. The van der Waals surface area contributed by atoms with Gasteiger partial charge in [-0.1, -0.05) is 0 Å². The summed E-state index contributed by atoms with van der Waals surface area (Å²) in [6.45, 7) is 1.63. The van der Waals surface area contributed by atoms with Crippen LogP contribution in [0.25, 0.3) is 0 Å². The molecular weight excluding hydrogens is 234 g/mol. The third-order valence-electron chi connectivity index (χ3n) is 1.99. The minimum atomic E-state index is -2.93. The lowest BCUT2D eigenvalue weighted by atomic mass is 10.1. The smallest absolute Gasteiger partial charge is 0.357 e. The zero-order chi connectivity index (χ0) is 13.0. The second-order valence-electron chi connectivity index (χ2n) is 3.03. The lowest BCUT2D eigenvalue weighted by Gasteiger charge is -2.13. The van der Waals surface area contributed by atoms with Gasteiger partial charge in [0.2, 0.25) is 0 Å². The van der Waals surface area contributed by atoms with E-state index in [1.54, 1.807) is 6.92 Å². The Morgan fingerprint density at radius 2 is 2.24 bits per heavy atom. The predicted octanol–water partition coefficient (Wildman–Crippen LogP) is 1.79. The first-order valence-corrected chi connectivity index (χ1v) is 4.80. The third-order valence-corrected chi connectivity index (χ3v) is 1.99. The molecule has 0 aliphatic heterocycles. The van der Waals surface area contributed by atoms with Crippen molar-refractivity contribution in [3.05, 3.63) is 17.5 Å². The van der Waals surface area contributed by atoms with Gasteiger partial charge in [-0.15, -0.1) is 0 Å². The fourth-order valence-electron chi connectivity index (χ4n) is 1.32. The molecular formula is C10H12F2N2O3. The average molecular weight is 246 g/mol. The number of alkyl halides is 2. The Kier molecular flexibility index (Phi) is 4.19. The molecule has 1 rings (SSSR count). The maximum Gasteiger partial charge on any atom is 0.357 e. The Bertz CT molecular complexity index is 424. The van der Waals surface area contributed by atoms with Gasteiger partial charge >= 0.3 is 5.97 Å². The van der Waals surface area contributed by atoms with Crippen LogP contribution in [0.15, 0.2) is 6.20 Å². The van der Waals surface area contributed by atoms with Crippen molar-refractivity contribution in [1.29, 1.82) is 0 Å². The summed E-state index contributed by atoms with van der Waals surface area (Å²) in [7, 11) is 1.19. The predicted molar refractivity (Wildman–Crippen MR) is 56.1 cm³/mol. The normalized spacial score (nSPS) is 10.4. The number of esters is 1. The van der Waals surface area contributed by atoms with Crippen molar-refractivity contribution in [2.75, 3.05) is 19.5 Å². The second-order valence-corrected chi connectivity index (χ2v) is 3.03. The van der Waals surface area contributed by atoms with Gasteiger partial charge in [-0.3, -0.25) is 0 Å². The first kappa shape index (κ1) is 13.1. The molecule has 2 N–H and O–H groups in total. The lowest BCUT2D eigenvalue weighted by molar-refractivity contribution is 0.0506. The Labute approximate surface area is 96.5 Å². The fraction of sp³-hybridized carbons (Fsp3) is 0.400. The first-order valence-electron chi connectivity index (χ1n) is 4.80. The van der Waals surface area contributed by atoms with Crippen LogP contribution in [0.1, 0.15) is 29.4 Å². The van der Waals surface area contributed by atoms with Crippen molar-refractivity contribution in [3.63, 3.8) is 0 Å². The SMILES string of the molecule is CCOC(=O)c1ncc(N)c(OC)c1C(F)F. The quantitative estimate of drug-likeness (QED) is 0.820. The van der Waals surface area contributed by atoms with Gasteiger partial charge in [0.25, 0.3) is 6.43 Å². The van der Waals surface area contributed by atoms with E-state index >= 15 is 0 Å². The van der Waals surface area contributed by atoms with Gasteiger partial charge in [0, 0.05) is 0 Å². The number of nitrogens with zero attached hydrogens (tertiary/aromatic N) is 1. The van der Waals surface area contributed by atoms with Gasteiger partial charge in [-0.2, -0.15) is 0 Å². The van der Waals surface area contributed by atoms with Crippen molar-refractivity contribution in [3.8, 4) is 5.75 Å². The molecule has 0 radical (unpaired) electrons. The number of carbonyl (C=O) groups is 1. The van der Waals surface area contributed by atoms with E-state index in [1.165, 1.54) is 7.11 Å². The van der Waals surface area contributed by atoms with Crippen molar-refractivity contribution in [2.45, 2.75) is 13.3 Å². The van der Waals surface area contributed by atoms with Crippen molar-refractivity contribution >= 4 is 11.7 Å². The van der Waals surface area contributed by atoms with Crippen molar-refractivity contribution in [1.82, 2.24) is 4.98 Å². The zero-order valence-corrected chi connectivity index (χ0v) is 9.37. The average Bonchev–Trinajstić information content (AvgIpc) is 2.28. The summed E-state index contributed by atoms with van der Waals surface area (Å²) in [5.74, 6) is -1.18. The Hall–Kier alpha value is -1.92. The monoisotopic (exact) mass is 246 g/mol. The molecule has 1 aromatic heterocycles. The van der Waals surface area contributed by atoms with Crippen LogP contribution in [0.4, 0.5) is 14.5 Å². The van der Waals surface area contributed by atoms with Crippen LogP contribution < -0.4 is 10.5 Å². The van der Waals surface area contributed by atoms with E-state index in [0.29, 0.717) is 0 Å². The molecule has 0 unspecified atom stereocenters. The number of pyridine rings is 1. The maximum absolute atomic E-state index is 12.9. The molecule has 17 heavy (non-hydrogen) atoms. The lowest BCUT2D eigenvalue weighted by Crippen LogP contribution is -2.13. The molecule has 0 bridgehead atoms.